The third kappa shape index (κ3) is 2.79. The van der Waals surface area contributed by atoms with E-state index in [1.165, 1.54) is 10.9 Å². The number of carbonyl (C=O) groups is 2. The van der Waals surface area contributed by atoms with Gasteiger partial charge in [-0.3, -0.25) is 4.79 Å². The Kier molecular flexibility index (Phi) is 4.70. The van der Waals surface area contributed by atoms with Crippen molar-refractivity contribution in [3.8, 4) is 0 Å². The molecule has 0 bridgehead atoms. The number of hydrogen-bond donors (Lipinski definition) is 2. The summed E-state index contributed by atoms with van der Waals surface area (Å²) in [7, 11) is 0. The van der Waals surface area contributed by atoms with E-state index in [1.807, 2.05) is 6.92 Å². The minimum Gasteiger partial charge on any atom is -0.461 e. The molecule has 3 N–H and O–H groups in total. The van der Waals surface area contributed by atoms with E-state index in [0.29, 0.717) is 6.54 Å². The molecule has 0 spiro atoms. The molecule has 1 aromatic rings. The number of hydrogen-bond acceptors (Lipinski definition) is 5. The van der Waals surface area contributed by atoms with Gasteiger partial charge in [-0.05, 0) is 20.8 Å². The van der Waals surface area contributed by atoms with Gasteiger partial charge in [-0.25, -0.2) is 9.78 Å². The van der Waals surface area contributed by atoms with Gasteiger partial charge in [0, 0.05) is 6.54 Å². The van der Waals surface area contributed by atoms with E-state index in [1.54, 1.807) is 13.8 Å². The van der Waals surface area contributed by atoms with Gasteiger partial charge < -0.3 is 20.4 Å². The van der Waals surface area contributed by atoms with Gasteiger partial charge in [0.1, 0.15) is 11.9 Å². The molecule has 1 unspecified atom stereocenters. The summed E-state index contributed by atoms with van der Waals surface area (Å²) in [6.45, 7) is 5.98. The first-order valence-electron chi connectivity index (χ1n) is 5.80. The molecule has 0 fully saturated rings. The topological polar surface area (TPSA) is 99.2 Å². The van der Waals surface area contributed by atoms with Crippen LogP contribution in [0.2, 0.25) is 0 Å². The summed E-state index contributed by atoms with van der Waals surface area (Å²) >= 11 is 0. The van der Waals surface area contributed by atoms with Crippen molar-refractivity contribution in [3.63, 3.8) is 0 Å². The van der Waals surface area contributed by atoms with Gasteiger partial charge in [0.2, 0.25) is 5.91 Å². The fourth-order valence-electron chi connectivity index (χ4n) is 1.48. The van der Waals surface area contributed by atoms with E-state index < -0.39 is 12.0 Å². The molecular weight excluding hydrogens is 236 g/mol. The molecule has 0 radical (unpaired) electrons. The Balaban J connectivity index is 2.92. The van der Waals surface area contributed by atoms with Gasteiger partial charge in [-0.2, -0.15) is 0 Å². The summed E-state index contributed by atoms with van der Waals surface area (Å²) in [5.41, 5.74) is 5.82. The summed E-state index contributed by atoms with van der Waals surface area (Å²) in [6.07, 6.45) is 1.36. The molecule has 0 saturated heterocycles. The van der Waals surface area contributed by atoms with Crippen molar-refractivity contribution in [2.75, 3.05) is 18.9 Å². The monoisotopic (exact) mass is 254 g/mol. The number of esters is 1. The van der Waals surface area contributed by atoms with Crippen LogP contribution >= 0.6 is 0 Å². The van der Waals surface area contributed by atoms with Crippen LogP contribution in [0.1, 0.15) is 37.3 Å². The SMILES string of the molecule is CCNC(=O)C(C)n1cnc(C(=O)OCC)c1N. The van der Waals surface area contributed by atoms with E-state index in [-0.39, 0.29) is 24.0 Å². The van der Waals surface area contributed by atoms with Crippen molar-refractivity contribution >= 4 is 17.7 Å². The van der Waals surface area contributed by atoms with E-state index in [4.69, 9.17) is 10.5 Å². The van der Waals surface area contributed by atoms with Gasteiger partial charge in [0.15, 0.2) is 5.69 Å². The Morgan fingerprint density at radius 2 is 2.22 bits per heavy atom. The number of carbonyl (C=O) groups excluding carboxylic acids is 2. The number of rotatable bonds is 5. The molecule has 0 aliphatic rings. The van der Waals surface area contributed by atoms with Crippen LogP contribution in [0, 0.1) is 0 Å². The Morgan fingerprint density at radius 1 is 1.56 bits per heavy atom. The second-order valence-corrected chi connectivity index (χ2v) is 3.68. The molecule has 0 aliphatic heterocycles. The highest BCUT2D eigenvalue weighted by atomic mass is 16.5. The van der Waals surface area contributed by atoms with E-state index >= 15 is 0 Å². The second kappa shape index (κ2) is 6.04. The zero-order valence-electron chi connectivity index (χ0n) is 10.8. The van der Waals surface area contributed by atoms with E-state index in [9.17, 15) is 9.59 Å². The zero-order valence-corrected chi connectivity index (χ0v) is 10.8. The number of nitrogens with zero attached hydrogens (tertiary/aromatic N) is 2. The molecule has 18 heavy (non-hydrogen) atoms. The molecule has 1 amide bonds. The Bertz CT molecular complexity index is 441. The van der Waals surface area contributed by atoms with Crippen molar-refractivity contribution < 1.29 is 14.3 Å². The van der Waals surface area contributed by atoms with Crippen molar-refractivity contribution in [2.24, 2.45) is 0 Å². The predicted molar refractivity (Wildman–Crippen MR) is 66.0 cm³/mol. The Morgan fingerprint density at radius 3 is 2.78 bits per heavy atom. The van der Waals surface area contributed by atoms with Crippen LogP contribution in [0.3, 0.4) is 0 Å². The molecule has 1 rings (SSSR count). The lowest BCUT2D eigenvalue weighted by Crippen LogP contribution is -2.31. The van der Waals surface area contributed by atoms with Crippen molar-refractivity contribution in [1.82, 2.24) is 14.9 Å². The number of amides is 1. The first kappa shape index (κ1) is 14.0. The quantitative estimate of drug-likeness (QED) is 0.738. The number of aromatic nitrogens is 2. The first-order chi connectivity index (χ1) is 8.52. The first-order valence-corrected chi connectivity index (χ1v) is 5.80. The predicted octanol–water partition coefficient (Wildman–Crippen LogP) is 0.339. The highest BCUT2D eigenvalue weighted by Gasteiger charge is 2.22. The third-order valence-corrected chi connectivity index (χ3v) is 2.45. The highest BCUT2D eigenvalue weighted by molar-refractivity contribution is 5.92. The molecule has 100 valence electrons. The second-order valence-electron chi connectivity index (χ2n) is 3.68. The molecule has 0 aliphatic carbocycles. The smallest absolute Gasteiger partial charge is 0.360 e. The lowest BCUT2D eigenvalue weighted by Gasteiger charge is -2.14. The maximum Gasteiger partial charge on any atom is 0.360 e. The minimum atomic E-state index is -0.586. The van der Waals surface area contributed by atoms with E-state index in [0.717, 1.165) is 0 Å². The third-order valence-electron chi connectivity index (χ3n) is 2.45. The fraction of sp³-hybridized carbons (Fsp3) is 0.545. The number of anilines is 1. The average Bonchev–Trinajstić information content (AvgIpc) is 2.71. The van der Waals surface area contributed by atoms with Gasteiger partial charge in [0.25, 0.3) is 0 Å². The number of nitrogens with one attached hydrogen (secondary N) is 1. The maximum absolute atomic E-state index is 11.7. The van der Waals surface area contributed by atoms with Crippen molar-refractivity contribution in [1.29, 1.82) is 0 Å². The highest BCUT2D eigenvalue weighted by Crippen LogP contribution is 2.17. The summed E-state index contributed by atoms with van der Waals surface area (Å²) in [4.78, 5) is 27.1. The molecular formula is C11H18N4O3. The number of nitrogen functional groups attached to an aromatic ring is 1. The van der Waals surface area contributed by atoms with Crippen LogP contribution < -0.4 is 11.1 Å². The molecule has 7 heteroatoms. The summed E-state index contributed by atoms with van der Waals surface area (Å²) in [5.74, 6) is -0.638. The minimum absolute atomic E-state index is 0.0352. The van der Waals surface area contributed by atoms with Crippen LogP contribution in [-0.4, -0.2) is 34.6 Å². The van der Waals surface area contributed by atoms with Gasteiger partial charge in [-0.15, -0.1) is 0 Å². The lowest BCUT2D eigenvalue weighted by molar-refractivity contribution is -0.123. The van der Waals surface area contributed by atoms with Crippen LogP contribution in [0.4, 0.5) is 5.82 Å². The van der Waals surface area contributed by atoms with Crippen molar-refractivity contribution in [3.05, 3.63) is 12.0 Å². The molecule has 1 aromatic heterocycles. The number of likely N-dealkylation sites (N-methyl/N-ethyl adjacent to an activating group) is 1. The van der Waals surface area contributed by atoms with Crippen LogP contribution in [0.5, 0.6) is 0 Å². The number of ether oxygens (including phenoxy) is 1. The van der Waals surface area contributed by atoms with Crippen molar-refractivity contribution in [2.45, 2.75) is 26.8 Å². The molecule has 1 atom stereocenters. The van der Waals surface area contributed by atoms with Crippen LogP contribution in [0.15, 0.2) is 6.33 Å². The largest absolute Gasteiger partial charge is 0.461 e. The molecule has 1 heterocycles. The Hall–Kier alpha value is -2.05. The molecule has 7 nitrogen and oxygen atoms in total. The van der Waals surface area contributed by atoms with Gasteiger partial charge in [0.05, 0.1) is 12.9 Å². The summed E-state index contributed by atoms with van der Waals surface area (Å²) < 4.78 is 6.26. The molecule has 0 aromatic carbocycles. The molecule has 0 saturated carbocycles. The maximum atomic E-state index is 11.7. The number of nitrogens with two attached hydrogens (primary N) is 1. The van der Waals surface area contributed by atoms with Crippen LogP contribution in [0.25, 0.3) is 0 Å². The van der Waals surface area contributed by atoms with Gasteiger partial charge in [-0.1, -0.05) is 0 Å². The standard InChI is InChI=1S/C11H18N4O3/c1-4-13-10(16)7(3)15-6-14-8(9(15)12)11(17)18-5-2/h6-7H,4-5,12H2,1-3H3,(H,13,16). The fourth-order valence-corrected chi connectivity index (χ4v) is 1.48. The zero-order chi connectivity index (χ0) is 13.7. The Labute approximate surface area is 105 Å². The van der Waals surface area contributed by atoms with Gasteiger partial charge >= 0.3 is 5.97 Å². The normalized spacial score (nSPS) is 11.9. The van der Waals surface area contributed by atoms with Crippen LogP contribution in [-0.2, 0) is 9.53 Å². The number of imidazole rings is 1. The summed E-state index contributed by atoms with van der Waals surface area (Å²) in [5, 5.41) is 2.68. The summed E-state index contributed by atoms with van der Waals surface area (Å²) in [6, 6.07) is -0.527. The average molecular weight is 254 g/mol. The van der Waals surface area contributed by atoms with E-state index in [2.05, 4.69) is 10.3 Å². The lowest BCUT2D eigenvalue weighted by atomic mass is 10.3.